The van der Waals surface area contributed by atoms with E-state index in [0.29, 0.717) is 0 Å². The Bertz CT molecular complexity index is 508. The van der Waals surface area contributed by atoms with E-state index in [0.717, 1.165) is 37.0 Å². The summed E-state index contributed by atoms with van der Waals surface area (Å²) in [6.07, 6.45) is 6.58. The van der Waals surface area contributed by atoms with Crippen LogP contribution in [0.2, 0.25) is 0 Å². The van der Waals surface area contributed by atoms with Crippen LogP contribution in [0.5, 0.6) is 0 Å². The second-order valence-electron chi connectivity index (χ2n) is 4.81. The van der Waals surface area contributed by atoms with Crippen LogP contribution < -0.4 is 0 Å². The zero-order valence-electron chi connectivity index (χ0n) is 11.5. The summed E-state index contributed by atoms with van der Waals surface area (Å²) in [4.78, 5) is 0.748. The molecule has 0 amide bonds. The van der Waals surface area contributed by atoms with Crippen molar-refractivity contribution < 1.29 is 0 Å². The first-order valence-corrected chi connectivity index (χ1v) is 7.83. The third-order valence-electron chi connectivity index (χ3n) is 3.80. The monoisotopic (exact) mass is 284 g/mol. The van der Waals surface area contributed by atoms with E-state index in [9.17, 15) is 0 Å². The van der Waals surface area contributed by atoms with Gasteiger partial charge < -0.3 is 0 Å². The molecule has 0 saturated heterocycles. The Hall–Kier alpha value is -1.95. The molecule has 102 valence electrons. The van der Waals surface area contributed by atoms with E-state index in [-0.39, 0.29) is 17.4 Å². The summed E-state index contributed by atoms with van der Waals surface area (Å²) in [6, 6.07) is 8.04. The number of nitrogens with zero attached hydrogens (tertiary/aromatic N) is 4. The fourth-order valence-corrected chi connectivity index (χ4v) is 3.75. The zero-order valence-corrected chi connectivity index (χ0v) is 12.3. The molecule has 0 N–H and O–H groups in total. The Morgan fingerprint density at radius 3 is 2.10 bits per heavy atom. The van der Waals surface area contributed by atoms with Crippen LogP contribution in [0.25, 0.3) is 0 Å². The molecule has 0 spiro atoms. The molecule has 1 rings (SSSR count). The van der Waals surface area contributed by atoms with Crippen LogP contribution in [-0.4, -0.2) is 6.26 Å². The van der Waals surface area contributed by atoms with Gasteiger partial charge in [0, 0.05) is 4.91 Å². The molecule has 1 aliphatic rings. The normalized spacial score (nSPS) is 21.7. The van der Waals surface area contributed by atoms with Gasteiger partial charge in [-0.3, -0.25) is 0 Å². The molecular weight excluding hydrogens is 268 g/mol. The predicted octanol–water partition coefficient (Wildman–Crippen LogP) is 3.51. The molecule has 0 heterocycles. The predicted molar refractivity (Wildman–Crippen MR) is 76.5 cm³/mol. The first kappa shape index (κ1) is 16.1. The highest BCUT2D eigenvalue weighted by Crippen LogP contribution is 2.42. The van der Waals surface area contributed by atoms with E-state index in [1.54, 1.807) is 0 Å². The van der Waals surface area contributed by atoms with E-state index in [1.165, 1.54) is 11.8 Å². The molecule has 1 fully saturated rings. The van der Waals surface area contributed by atoms with Gasteiger partial charge in [0.2, 0.25) is 0 Å². The van der Waals surface area contributed by atoms with E-state index < -0.39 is 5.92 Å². The molecule has 0 aliphatic heterocycles. The van der Waals surface area contributed by atoms with Gasteiger partial charge in [-0.1, -0.05) is 19.3 Å². The van der Waals surface area contributed by atoms with Crippen molar-refractivity contribution in [3.05, 3.63) is 10.5 Å². The zero-order chi connectivity index (χ0) is 15.0. The molecule has 0 aromatic carbocycles. The van der Waals surface area contributed by atoms with Crippen molar-refractivity contribution in [3.63, 3.8) is 0 Å². The van der Waals surface area contributed by atoms with Gasteiger partial charge in [0.1, 0.15) is 23.6 Å². The molecule has 2 atom stereocenters. The number of thioether (sulfide) groups is 1. The van der Waals surface area contributed by atoms with E-state index >= 15 is 0 Å². The lowest BCUT2D eigenvalue weighted by Gasteiger charge is -2.27. The van der Waals surface area contributed by atoms with Crippen LogP contribution >= 0.6 is 11.8 Å². The van der Waals surface area contributed by atoms with E-state index in [2.05, 4.69) is 12.1 Å². The molecule has 0 aromatic heterocycles. The molecule has 0 radical (unpaired) electrons. The van der Waals surface area contributed by atoms with Crippen LogP contribution in [0.1, 0.15) is 32.1 Å². The number of hydrogen-bond donors (Lipinski definition) is 0. The topological polar surface area (TPSA) is 95.2 Å². The summed E-state index contributed by atoms with van der Waals surface area (Å²) in [7, 11) is 0. The number of nitriles is 4. The van der Waals surface area contributed by atoms with Crippen molar-refractivity contribution in [2.45, 2.75) is 32.1 Å². The van der Waals surface area contributed by atoms with Crippen molar-refractivity contribution in [3.8, 4) is 24.3 Å². The van der Waals surface area contributed by atoms with E-state index in [1.807, 2.05) is 18.4 Å². The van der Waals surface area contributed by atoms with Crippen molar-refractivity contribution >= 4 is 11.8 Å². The highest BCUT2D eigenvalue weighted by atomic mass is 32.2. The minimum Gasteiger partial charge on any atom is -0.197 e. The Morgan fingerprint density at radius 2 is 1.60 bits per heavy atom. The first-order chi connectivity index (χ1) is 9.73. The molecular formula is C15H16N4S. The second kappa shape index (κ2) is 8.27. The van der Waals surface area contributed by atoms with Crippen molar-refractivity contribution in [2.75, 3.05) is 6.26 Å². The molecule has 5 heteroatoms. The molecule has 0 bridgehead atoms. The summed E-state index contributed by atoms with van der Waals surface area (Å²) in [5.74, 6) is -0.767. The Morgan fingerprint density at radius 1 is 1.00 bits per heavy atom. The van der Waals surface area contributed by atoms with Gasteiger partial charge in [-0.15, -0.1) is 11.8 Å². The minimum absolute atomic E-state index is 0.0221. The summed E-state index contributed by atoms with van der Waals surface area (Å²) < 4.78 is 0. The Kier molecular flexibility index (Phi) is 6.66. The standard InChI is InChI=1S/C15H16N4S/c1-20-15(12(9-18)10-19)14-6-4-2-3-5-13(14)11(7-16)8-17/h11,13-14H,2-6H2,1H3/t13-,14-/m0/s1. The van der Waals surface area contributed by atoms with E-state index in [4.69, 9.17) is 21.0 Å². The second-order valence-corrected chi connectivity index (χ2v) is 5.66. The van der Waals surface area contributed by atoms with Crippen molar-refractivity contribution in [1.29, 1.82) is 21.0 Å². The van der Waals surface area contributed by atoms with Gasteiger partial charge in [0.15, 0.2) is 0 Å². The van der Waals surface area contributed by atoms with Crippen LogP contribution in [0.4, 0.5) is 0 Å². The van der Waals surface area contributed by atoms with Crippen LogP contribution in [0.15, 0.2) is 10.5 Å². The summed E-state index contributed by atoms with van der Waals surface area (Å²) in [5.41, 5.74) is 0.129. The summed E-state index contributed by atoms with van der Waals surface area (Å²) >= 11 is 1.40. The number of hydrogen-bond acceptors (Lipinski definition) is 5. The van der Waals surface area contributed by atoms with Gasteiger partial charge in [0.05, 0.1) is 12.1 Å². The SMILES string of the molecule is CSC(=C(C#N)C#N)[C@H]1CCCCC[C@H]1C(C#N)C#N. The third-order valence-corrected chi connectivity index (χ3v) is 4.75. The quantitative estimate of drug-likeness (QED) is 0.583. The molecule has 1 aliphatic carbocycles. The van der Waals surface area contributed by atoms with Gasteiger partial charge in [-0.2, -0.15) is 21.0 Å². The molecule has 20 heavy (non-hydrogen) atoms. The minimum atomic E-state index is -0.668. The van der Waals surface area contributed by atoms with Gasteiger partial charge in [-0.25, -0.2) is 0 Å². The average molecular weight is 284 g/mol. The molecule has 0 unspecified atom stereocenters. The lowest BCUT2D eigenvalue weighted by molar-refractivity contribution is 0.329. The lowest BCUT2D eigenvalue weighted by atomic mass is 9.78. The average Bonchev–Trinajstić information content (AvgIpc) is 2.72. The summed E-state index contributed by atoms with van der Waals surface area (Å²) in [5, 5.41) is 36.5. The maximum Gasteiger partial charge on any atom is 0.139 e. The maximum absolute atomic E-state index is 9.17. The van der Waals surface area contributed by atoms with Crippen LogP contribution in [0.3, 0.4) is 0 Å². The fraction of sp³-hybridized carbons (Fsp3) is 0.600. The van der Waals surface area contributed by atoms with Gasteiger partial charge in [-0.05, 0) is 30.9 Å². The van der Waals surface area contributed by atoms with Crippen molar-refractivity contribution in [1.82, 2.24) is 0 Å². The van der Waals surface area contributed by atoms with Gasteiger partial charge >= 0.3 is 0 Å². The van der Waals surface area contributed by atoms with Crippen LogP contribution in [0, 0.1) is 63.1 Å². The maximum atomic E-state index is 9.17. The Balaban J connectivity index is 3.25. The lowest BCUT2D eigenvalue weighted by Crippen LogP contribution is -2.22. The highest BCUT2D eigenvalue weighted by molar-refractivity contribution is 8.02. The number of allylic oxidation sites excluding steroid dienone is 2. The Labute approximate surface area is 124 Å². The third kappa shape index (κ3) is 3.54. The fourth-order valence-electron chi connectivity index (χ4n) is 2.86. The molecule has 1 saturated carbocycles. The molecule has 0 aromatic rings. The smallest absolute Gasteiger partial charge is 0.139 e. The van der Waals surface area contributed by atoms with Crippen LogP contribution in [-0.2, 0) is 0 Å². The largest absolute Gasteiger partial charge is 0.197 e. The van der Waals surface area contributed by atoms with Gasteiger partial charge in [0.25, 0.3) is 0 Å². The molecule has 4 nitrogen and oxygen atoms in total. The summed E-state index contributed by atoms with van der Waals surface area (Å²) in [6.45, 7) is 0. The first-order valence-electron chi connectivity index (χ1n) is 6.61. The highest BCUT2D eigenvalue weighted by Gasteiger charge is 2.34. The van der Waals surface area contributed by atoms with Crippen molar-refractivity contribution in [2.24, 2.45) is 17.8 Å². The number of rotatable bonds is 3.